The number of thiazole rings is 1. The van der Waals surface area contributed by atoms with E-state index < -0.39 is 0 Å². The van der Waals surface area contributed by atoms with Crippen LogP contribution in [0, 0.1) is 6.92 Å². The van der Waals surface area contributed by atoms with E-state index in [1.165, 1.54) is 17.7 Å². The van der Waals surface area contributed by atoms with E-state index in [-0.39, 0.29) is 5.54 Å². The van der Waals surface area contributed by atoms with Gasteiger partial charge < -0.3 is 11.1 Å². The van der Waals surface area contributed by atoms with Gasteiger partial charge in [-0.05, 0) is 19.8 Å². The molecule has 1 aliphatic carbocycles. The third kappa shape index (κ3) is 2.27. The number of nitrogens with zero attached hydrogens (tertiary/aromatic N) is 1. The summed E-state index contributed by atoms with van der Waals surface area (Å²) in [6, 6.07) is 0. The molecule has 1 aromatic heterocycles. The Balaban J connectivity index is 1.77. The van der Waals surface area contributed by atoms with E-state index in [4.69, 9.17) is 5.73 Å². The van der Waals surface area contributed by atoms with E-state index in [1.807, 2.05) is 12.4 Å². The molecule has 3 nitrogen and oxygen atoms in total. The van der Waals surface area contributed by atoms with Crippen molar-refractivity contribution in [2.75, 3.05) is 6.54 Å². The minimum absolute atomic E-state index is 0.110. The third-order valence-corrected chi connectivity index (χ3v) is 3.43. The van der Waals surface area contributed by atoms with E-state index in [2.05, 4.69) is 10.3 Å². The Kier molecular flexibility index (Phi) is 2.36. The summed E-state index contributed by atoms with van der Waals surface area (Å²) in [6.07, 6.45) is 2.34. The maximum atomic E-state index is 5.95. The molecule has 0 aromatic carbocycles. The van der Waals surface area contributed by atoms with Crippen LogP contribution in [0.15, 0.2) is 5.51 Å². The predicted molar refractivity (Wildman–Crippen MR) is 54.7 cm³/mol. The standard InChI is InChI=1S/C9H15N3S/c1-7-8(13-6-12-7)4-11-5-9(10)2-3-9/h6,11H,2-5,10H2,1H3. The average Bonchev–Trinajstić information content (AvgIpc) is 2.68. The van der Waals surface area contributed by atoms with Gasteiger partial charge in [0.15, 0.2) is 0 Å². The second kappa shape index (κ2) is 3.36. The molecule has 0 atom stereocenters. The lowest BCUT2D eigenvalue weighted by atomic mass is 10.3. The quantitative estimate of drug-likeness (QED) is 0.758. The number of hydrogen-bond acceptors (Lipinski definition) is 4. The van der Waals surface area contributed by atoms with Gasteiger partial charge in [-0.25, -0.2) is 4.98 Å². The van der Waals surface area contributed by atoms with Crippen LogP contribution < -0.4 is 11.1 Å². The molecular formula is C9H15N3S. The first-order chi connectivity index (χ1) is 6.20. The van der Waals surface area contributed by atoms with Gasteiger partial charge in [0, 0.05) is 23.5 Å². The molecule has 2 rings (SSSR count). The van der Waals surface area contributed by atoms with Crippen LogP contribution in [0.2, 0.25) is 0 Å². The summed E-state index contributed by atoms with van der Waals surface area (Å²) in [7, 11) is 0. The van der Waals surface area contributed by atoms with Crippen molar-refractivity contribution in [1.29, 1.82) is 0 Å². The monoisotopic (exact) mass is 197 g/mol. The summed E-state index contributed by atoms with van der Waals surface area (Å²) in [4.78, 5) is 5.52. The van der Waals surface area contributed by atoms with Crippen LogP contribution in [0.4, 0.5) is 0 Å². The number of rotatable bonds is 4. The number of aromatic nitrogens is 1. The lowest BCUT2D eigenvalue weighted by Gasteiger charge is -2.09. The minimum Gasteiger partial charge on any atom is -0.324 e. The largest absolute Gasteiger partial charge is 0.324 e. The Morgan fingerprint density at radius 2 is 2.46 bits per heavy atom. The molecule has 0 aliphatic heterocycles. The number of nitrogens with one attached hydrogen (secondary N) is 1. The maximum absolute atomic E-state index is 5.95. The van der Waals surface area contributed by atoms with Gasteiger partial charge in [-0.3, -0.25) is 0 Å². The number of nitrogens with two attached hydrogens (primary N) is 1. The summed E-state index contributed by atoms with van der Waals surface area (Å²) in [6.45, 7) is 3.89. The van der Waals surface area contributed by atoms with Gasteiger partial charge in [-0.2, -0.15) is 0 Å². The number of aryl methyl sites for hydroxylation is 1. The molecule has 0 spiro atoms. The second-order valence-corrected chi connectivity index (χ2v) is 4.77. The molecule has 1 saturated carbocycles. The highest BCUT2D eigenvalue weighted by Gasteiger charge is 2.37. The molecule has 3 N–H and O–H groups in total. The highest BCUT2D eigenvalue weighted by Crippen LogP contribution is 2.31. The predicted octanol–water partition coefficient (Wildman–Crippen LogP) is 1.03. The Hall–Kier alpha value is -0.450. The van der Waals surface area contributed by atoms with Gasteiger partial charge in [0.2, 0.25) is 0 Å². The van der Waals surface area contributed by atoms with Crippen molar-refractivity contribution in [3.8, 4) is 0 Å². The van der Waals surface area contributed by atoms with Crippen molar-refractivity contribution in [2.45, 2.75) is 31.8 Å². The van der Waals surface area contributed by atoms with Crippen molar-refractivity contribution in [2.24, 2.45) is 5.73 Å². The topological polar surface area (TPSA) is 50.9 Å². The second-order valence-electron chi connectivity index (χ2n) is 3.83. The molecule has 0 saturated heterocycles. The third-order valence-electron chi connectivity index (χ3n) is 2.50. The fourth-order valence-electron chi connectivity index (χ4n) is 1.26. The van der Waals surface area contributed by atoms with E-state index in [0.717, 1.165) is 18.8 Å². The molecule has 1 fully saturated rings. The molecule has 0 unspecified atom stereocenters. The zero-order chi connectivity index (χ0) is 9.31. The minimum atomic E-state index is 0.110. The fraction of sp³-hybridized carbons (Fsp3) is 0.667. The Labute approximate surface area is 82.4 Å². The van der Waals surface area contributed by atoms with Gasteiger partial charge in [0.25, 0.3) is 0 Å². The number of hydrogen-bond donors (Lipinski definition) is 2. The molecule has 1 heterocycles. The molecule has 0 bridgehead atoms. The van der Waals surface area contributed by atoms with Gasteiger partial charge in [0.05, 0.1) is 11.2 Å². The van der Waals surface area contributed by atoms with Gasteiger partial charge in [-0.1, -0.05) is 0 Å². The first kappa shape index (κ1) is 9.12. The molecule has 4 heteroatoms. The Morgan fingerprint density at radius 1 is 1.69 bits per heavy atom. The highest BCUT2D eigenvalue weighted by molar-refractivity contribution is 7.09. The summed E-state index contributed by atoms with van der Waals surface area (Å²) >= 11 is 1.71. The molecule has 1 aromatic rings. The van der Waals surface area contributed by atoms with E-state index in [9.17, 15) is 0 Å². The average molecular weight is 197 g/mol. The molecular weight excluding hydrogens is 182 g/mol. The molecule has 0 radical (unpaired) electrons. The van der Waals surface area contributed by atoms with Gasteiger partial charge >= 0.3 is 0 Å². The summed E-state index contributed by atoms with van der Waals surface area (Å²) in [5, 5.41) is 3.38. The SMILES string of the molecule is Cc1ncsc1CNCC1(N)CC1. The van der Waals surface area contributed by atoms with Crippen LogP contribution in [0.25, 0.3) is 0 Å². The van der Waals surface area contributed by atoms with Crippen molar-refractivity contribution < 1.29 is 0 Å². The molecule has 72 valence electrons. The summed E-state index contributed by atoms with van der Waals surface area (Å²) in [5.41, 5.74) is 9.09. The first-order valence-corrected chi connectivity index (χ1v) is 5.46. The zero-order valence-electron chi connectivity index (χ0n) is 7.84. The van der Waals surface area contributed by atoms with Crippen LogP contribution in [-0.2, 0) is 6.54 Å². The van der Waals surface area contributed by atoms with Gasteiger partial charge in [-0.15, -0.1) is 11.3 Å². The van der Waals surface area contributed by atoms with E-state index >= 15 is 0 Å². The van der Waals surface area contributed by atoms with Crippen LogP contribution in [0.3, 0.4) is 0 Å². The smallest absolute Gasteiger partial charge is 0.0798 e. The Morgan fingerprint density at radius 3 is 3.00 bits per heavy atom. The summed E-state index contributed by atoms with van der Waals surface area (Å²) in [5.74, 6) is 0. The lowest BCUT2D eigenvalue weighted by molar-refractivity contribution is 0.571. The van der Waals surface area contributed by atoms with Crippen LogP contribution in [0.1, 0.15) is 23.4 Å². The summed E-state index contributed by atoms with van der Waals surface area (Å²) < 4.78 is 0. The fourth-order valence-corrected chi connectivity index (χ4v) is 2.00. The molecule has 1 aliphatic rings. The van der Waals surface area contributed by atoms with Gasteiger partial charge in [0.1, 0.15) is 0 Å². The van der Waals surface area contributed by atoms with Crippen molar-refractivity contribution in [1.82, 2.24) is 10.3 Å². The van der Waals surface area contributed by atoms with Crippen molar-refractivity contribution in [3.05, 3.63) is 16.1 Å². The van der Waals surface area contributed by atoms with Crippen LogP contribution in [-0.4, -0.2) is 17.1 Å². The lowest BCUT2D eigenvalue weighted by Crippen LogP contribution is -2.35. The van der Waals surface area contributed by atoms with Crippen molar-refractivity contribution in [3.63, 3.8) is 0 Å². The normalized spacial score (nSPS) is 18.9. The molecule has 0 amide bonds. The highest BCUT2D eigenvalue weighted by atomic mass is 32.1. The van der Waals surface area contributed by atoms with E-state index in [0.29, 0.717) is 0 Å². The van der Waals surface area contributed by atoms with Crippen LogP contribution in [0.5, 0.6) is 0 Å². The van der Waals surface area contributed by atoms with Crippen LogP contribution >= 0.6 is 11.3 Å². The first-order valence-electron chi connectivity index (χ1n) is 4.58. The maximum Gasteiger partial charge on any atom is 0.0798 e. The Bertz CT molecular complexity index is 291. The molecule has 13 heavy (non-hydrogen) atoms. The zero-order valence-corrected chi connectivity index (χ0v) is 8.66. The van der Waals surface area contributed by atoms with Crippen molar-refractivity contribution >= 4 is 11.3 Å². The van der Waals surface area contributed by atoms with E-state index in [1.54, 1.807) is 11.3 Å².